The van der Waals surface area contributed by atoms with Crippen molar-refractivity contribution in [3.63, 3.8) is 0 Å². The third-order valence-corrected chi connectivity index (χ3v) is 3.10. The molecule has 1 aromatic heterocycles. The van der Waals surface area contributed by atoms with Crippen molar-refractivity contribution in [2.24, 2.45) is 0 Å². The molecule has 0 spiro atoms. The van der Waals surface area contributed by atoms with Crippen molar-refractivity contribution in [3.05, 3.63) is 41.4 Å². The molecular formula is C12H13ClN4. The van der Waals surface area contributed by atoms with E-state index in [2.05, 4.69) is 20.1 Å². The molecule has 3 rings (SSSR count). The Hall–Kier alpha value is -1.55. The zero-order valence-corrected chi connectivity index (χ0v) is 10.1. The summed E-state index contributed by atoms with van der Waals surface area (Å²) in [6, 6.07) is 8.29. The summed E-state index contributed by atoms with van der Waals surface area (Å²) in [5.74, 6) is 0.979. The van der Waals surface area contributed by atoms with Crippen LogP contribution in [-0.2, 0) is 6.54 Å². The molecule has 4 nitrogen and oxygen atoms in total. The second-order valence-electron chi connectivity index (χ2n) is 4.25. The predicted molar refractivity (Wildman–Crippen MR) is 67.1 cm³/mol. The van der Waals surface area contributed by atoms with Crippen LogP contribution in [0, 0.1) is 0 Å². The van der Waals surface area contributed by atoms with Crippen LogP contribution in [0.4, 0.5) is 5.69 Å². The van der Waals surface area contributed by atoms with E-state index in [9.17, 15) is 0 Å². The number of aromatic nitrogens is 3. The molecule has 1 aromatic carbocycles. The van der Waals surface area contributed by atoms with Gasteiger partial charge in [0.2, 0.25) is 0 Å². The van der Waals surface area contributed by atoms with Crippen LogP contribution in [0.1, 0.15) is 24.7 Å². The Balaban J connectivity index is 1.69. The summed E-state index contributed by atoms with van der Waals surface area (Å²) in [5, 5.41) is 12.1. The van der Waals surface area contributed by atoms with Crippen LogP contribution in [0.2, 0.25) is 5.02 Å². The highest BCUT2D eigenvalue weighted by molar-refractivity contribution is 6.30. The molecule has 1 N–H and O–H groups in total. The fourth-order valence-corrected chi connectivity index (χ4v) is 2.02. The van der Waals surface area contributed by atoms with E-state index in [0.29, 0.717) is 12.6 Å². The summed E-state index contributed by atoms with van der Waals surface area (Å²) in [5.41, 5.74) is 1.00. The highest BCUT2D eigenvalue weighted by atomic mass is 35.5. The number of hydrogen-bond donors (Lipinski definition) is 1. The van der Waals surface area contributed by atoms with Gasteiger partial charge < -0.3 is 9.88 Å². The van der Waals surface area contributed by atoms with Crippen molar-refractivity contribution in [1.82, 2.24) is 14.8 Å². The van der Waals surface area contributed by atoms with E-state index in [1.54, 1.807) is 0 Å². The lowest BCUT2D eigenvalue weighted by Crippen LogP contribution is -2.07. The normalized spacial score (nSPS) is 14.9. The van der Waals surface area contributed by atoms with Crippen molar-refractivity contribution >= 4 is 17.3 Å². The van der Waals surface area contributed by atoms with Crippen molar-refractivity contribution in [2.75, 3.05) is 5.32 Å². The minimum atomic E-state index is 0.612. The summed E-state index contributed by atoms with van der Waals surface area (Å²) in [4.78, 5) is 0. The van der Waals surface area contributed by atoms with Crippen LogP contribution < -0.4 is 5.32 Å². The molecule has 1 heterocycles. The SMILES string of the molecule is Clc1cccc(NCc2nncn2C2CC2)c1. The zero-order chi connectivity index (χ0) is 11.7. The first-order valence-electron chi connectivity index (χ1n) is 5.71. The fourth-order valence-electron chi connectivity index (χ4n) is 1.83. The highest BCUT2D eigenvalue weighted by Crippen LogP contribution is 2.35. The largest absolute Gasteiger partial charge is 0.378 e. The molecule has 1 aliphatic rings. The average Bonchev–Trinajstić information content (AvgIpc) is 3.06. The molecule has 1 aliphatic carbocycles. The number of hydrogen-bond acceptors (Lipinski definition) is 3. The van der Waals surface area contributed by atoms with Gasteiger partial charge in [0.05, 0.1) is 6.54 Å². The van der Waals surface area contributed by atoms with Gasteiger partial charge >= 0.3 is 0 Å². The Bertz CT molecular complexity index is 519. The molecule has 5 heteroatoms. The van der Waals surface area contributed by atoms with Crippen molar-refractivity contribution in [2.45, 2.75) is 25.4 Å². The van der Waals surface area contributed by atoms with Crippen LogP contribution in [0.5, 0.6) is 0 Å². The van der Waals surface area contributed by atoms with Gasteiger partial charge in [0.25, 0.3) is 0 Å². The van der Waals surface area contributed by atoms with E-state index in [1.807, 2.05) is 30.6 Å². The molecule has 0 bridgehead atoms. The quantitative estimate of drug-likeness (QED) is 0.905. The van der Waals surface area contributed by atoms with Gasteiger partial charge in [-0.1, -0.05) is 17.7 Å². The molecule has 17 heavy (non-hydrogen) atoms. The van der Waals surface area contributed by atoms with Gasteiger partial charge in [0.1, 0.15) is 6.33 Å². The van der Waals surface area contributed by atoms with E-state index in [4.69, 9.17) is 11.6 Å². The van der Waals surface area contributed by atoms with Crippen molar-refractivity contribution in [1.29, 1.82) is 0 Å². The van der Waals surface area contributed by atoms with Crippen molar-refractivity contribution < 1.29 is 0 Å². The Labute approximate surface area is 105 Å². The average molecular weight is 249 g/mol. The Morgan fingerprint density at radius 2 is 2.29 bits per heavy atom. The van der Waals surface area contributed by atoms with E-state index < -0.39 is 0 Å². The van der Waals surface area contributed by atoms with Crippen LogP contribution in [0.25, 0.3) is 0 Å². The predicted octanol–water partition coefficient (Wildman–Crippen LogP) is 2.88. The minimum Gasteiger partial charge on any atom is -0.378 e. The monoisotopic (exact) mass is 248 g/mol. The first-order valence-corrected chi connectivity index (χ1v) is 6.08. The number of anilines is 1. The van der Waals surface area contributed by atoms with Crippen LogP contribution >= 0.6 is 11.6 Å². The molecule has 88 valence electrons. The maximum Gasteiger partial charge on any atom is 0.152 e. The summed E-state index contributed by atoms with van der Waals surface area (Å²) in [6.07, 6.45) is 4.29. The van der Waals surface area contributed by atoms with E-state index in [1.165, 1.54) is 12.8 Å². The summed E-state index contributed by atoms with van der Waals surface area (Å²) in [7, 11) is 0. The van der Waals surface area contributed by atoms with E-state index >= 15 is 0 Å². The van der Waals surface area contributed by atoms with Crippen LogP contribution in [-0.4, -0.2) is 14.8 Å². The van der Waals surface area contributed by atoms with Crippen LogP contribution in [0.3, 0.4) is 0 Å². The van der Waals surface area contributed by atoms with Gasteiger partial charge in [0, 0.05) is 16.8 Å². The molecule has 0 atom stereocenters. The highest BCUT2D eigenvalue weighted by Gasteiger charge is 2.25. The van der Waals surface area contributed by atoms with Gasteiger partial charge in [-0.3, -0.25) is 0 Å². The second-order valence-corrected chi connectivity index (χ2v) is 4.69. The number of rotatable bonds is 4. The van der Waals surface area contributed by atoms with E-state index in [0.717, 1.165) is 16.5 Å². The lowest BCUT2D eigenvalue weighted by atomic mass is 10.3. The Morgan fingerprint density at radius 1 is 1.41 bits per heavy atom. The number of nitrogens with zero attached hydrogens (tertiary/aromatic N) is 3. The first-order chi connectivity index (χ1) is 8.33. The molecule has 1 fully saturated rings. The minimum absolute atomic E-state index is 0.612. The molecular weight excluding hydrogens is 236 g/mol. The van der Waals surface area contributed by atoms with Gasteiger partial charge in [-0.2, -0.15) is 0 Å². The van der Waals surface area contributed by atoms with Gasteiger partial charge in [-0.05, 0) is 31.0 Å². The van der Waals surface area contributed by atoms with Crippen molar-refractivity contribution in [3.8, 4) is 0 Å². The molecule has 2 aromatic rings. The topological polar surface area (TPSA) is 42.7 Å². The Morgan fingerprint density at radius 3 is 3.06 bits per heavy atom. The van der Waals surface area contributed by atoms with Crippen LogP contribution in [0.15, 0.2) is 30.6 Å². The molecule has 1 saturated carbocycles. The van der Waals surface area contributed by atoms with E-state index in [-0.39, 0.29) is 0 Å². The third kappa shape index (κ3) is 2.42. The lowest BCUT2D eigenvalue weighted by Gasteiger charge is -2.07. The summed E-state index contributed by atoms with van der Waals surface area (Å²) in [6.45, 7) is 0.677. The summed E-state index contributed by atoms with van der Waals surface area (Å²) >= 11 is 5.92. The maximum atomic E-state index is 5.92. The molecule has 0 amide bonds. The number of benzene rings is 1. The smallest absolute Gasteiger partial charge is 0.152 e. The maximum absolute atomic E-state index is 5.92. The van der Waals surface area contributed by atoms with Gasteiger partial charge in [-0.15, -0.1) is 10.2 Å². The number of halogens is 1. The number of nitrogens with one attached hydrogen (secondary N) is 1. The zero-order valence-electron chi connectivity index (χ0n) is 9.31. The molecule has 0 radical (unpaired) electrons. The molecule has 0 aliphatic heterocycles. The summed E-state index contributed by atoms with van der Waals surface area (Å²) < 4.78 is 2.15. The van der Waals surface area contributed by atoms with Gasteiger partial charge in [-0.25, -0.2) is 0 Å². The standard InChI is InChI=1S/C12H13ClN4/c13-9-2-1-3-10(6-9)14-7-12-16-15-8-17(12)11-4-5-11/h1-3,6,8,11,14H,4-5,7H2. The first kappa shape index (κ1) is 10.6. The second kappa shape index (κ2) is 4.37. The third-order valence-electron chi connectivity index (χ3n) is 2.86. The van der Waals surface area contributed by atoms with Gasteiger partial charge in [0.15, 0.2) is 5.82 Å². The molecule has 0 unspecified atom stereocenters. The lowest BCUT2D eigenvalue weighted by molar-refractivity contribution is 0.690. The molecule has 0 saturated heterocycles. The fraction of sp³-hybridized carbons (Fsp3) is 0.333. The Kier molecular flexibility index (Phi) is 2.73.